The number of furan rings is 1. The monoisotopic (exact) mass is 233 g/mol. The summed E-state index contributed by atoms with van der Waals surface area (Å²) < 4.78 is 5.28. The third-order valence-corrected chi connectivity index (χ3v) is 2.30. The van der Waals surface area contributed by atoms with Crippen molar-refractivity contribution in [3.05, 3.63) is 36.5 Å². The molecule has 0 spiro atoms. The molecule has 1 unspecified atom stereocenters. The highest BCUT2D eigenvalue weighted by atomic mass is 16.3. The molecule has 0 bridgehead atoms. The molecular formula is C11H15N5O. The van der Waals surface area contributed by atoms with Crippen LogP contribution in [-0.4, -0.2) is 16.0 Å². The van der Waals surface area contributed by atoms with E-state index in [1.54, 1.807) is 12.3 Å². The summed E-state index contributed by atoms with van der Waals surface area (Å²) in [7, 11) is 0. The lowest BCUT2D eigenvalue weighted by Crippen LogP contribution is -2.19. The van der Waals surface area contributed by atoms with Gasteiger partial charge in [-0.05, 0) is 19.1 Å². The van der Waals surface area contributed by atoms with E-state index in [1.807, 2.05) is 12.1 Å². The summed E-state index contributed by atoms with van der Waals surface area (Å²) in [4.78, 5) is 8.04. The molecule has 1 atom stereocenters. The molecule has 2 heterocycles. The van der Waals surface area contributed by atoms with Crippen molar-refractivity contribution < 1.29 is 4.42 Å². The van der Waals surface area contributed by atoms with Gasteiger partial charge in [0.25, 0.3) is 0 Å². The van der Waals surface area contributed by atoms with E-state index in [4.69, 9.17) is 10.3 Å². The maximum Gasteiger partial charge on any atom is 0.145 e. The zero-order chi connectivity index (χ0) is 12.1. The van der Waals surface area contributed by atoms with Crippen LogP contribution in [0.5, 0.6) is 0 Å². The molecule has 17 heavy (non-hydrogen) atoms. The topological polar surface area (TPSA) is 89.0 Å². The summed E-state index contributed by atoms with van der Waals surface area (Å²) in [5.41, 5.74) is 2.48. The van der Waals surface area contributed by atoms with Crippen molar-refractivity contribution in [2.45, 2.75) is 19.4 Å². The van der Waals surface area contributed by atoms with Crippen molar-refractivity contribution >= 4 is 11.6 Å². The van der Waals surface area contributed by atoms with Gasteiger partial charge in [0.05, 0.1) is 6.26 Å². The van der Waals surface area contributed by atoms with E-state index >= 15 is 0 Å². The zero-order valence-corrected chi connectivity index (χ0v) is 9.55. The summed E-state index contributed by atoms with van der Waals surface area (Å²) >= 11 is 0. The van der Waals surface area contributed by atoms with Gasteiger partial charge in [-0.1, -0.05) is 0 Å². The third-order valence-electron chi connectivity index (χ3n) is 2.30. The van der Waals surface area contributed by atoms with Gasteiger partial charge >= 0.3 is 0 Å². The van der Waals surface area contributed by atoms with Crippen LogP contribution in [0, 0.1) is 0 Å². The Morgan fingerprint density at radius 3 is 2.94 bits per heavy atom. The molecular weight excluding hydrogens is 218 g/mol. The normalized spacial score (nSPS) is 12.1. The molecule has 0 aliphatic heterocycles. The smallest absolute Gasteiger partial charge is 0.145 e. The van der Waals surface area contributed by atoms with Crippen LogP contribution in [0.25, 0.3) is 0 Å². The number of nitrogen functional groups attached to an aromatic ring is 1. The minimum absolute atomic E-state index is 0.210. The van der Waals surface area contributed by atoms with Gasteiger partial charge in [-0.25, -0.2) is 15.8 Å². The molecule has 6 nitrogen and oxygen atoms in total. The van der Waals surface area contributed by atoms with Crippen molar-refractivity contribution in [3.8, 4) is 0 Å². The molecule has 6 heteroatoms. The number of rotatable bonds is 5. The minimum atomic E-state index is 0.210. The number of aromatic nitrogens is 2. The Labute approximate surface area is 99.2 Å². The molecule has 0 radical (unpaired) electrons. The van der Waals surface area contributed by atoms with Crippen LogP contribution in [-0.2, 0) is 6.42 Å². The van der Waals surface area contributed by atoms with E-state index in [2.05, 4.69) is 27.6 Å². The highest BCUT2D eigenvalue weighted by Crippen LogP contribution is 2.11. The Bertz CT molecular complexity index is 457. The summed E-state index contributed by atoms with van der Waals surface area (Å²) in [5.74, 6) is 7.52. The first-order valence-electron chi connectivity index (χ1n) is 5.35. The standard InChI is InChI=1S/C11H15N5O/c1-8(5-9-3-2-4-17-9)15-10-6-11(16-12)14-7-13-10/h2-4,6-8H,5,12H2,1H3,(H2,13,14,15,16). The van der Waals surface area contributed by atoms with Crippen LogP contribution in [0.4, 0.5) is 11.6 Å². The number of hydrogen-bond acceptors (Lipinski definition) is 6. The van der Waals surface area contributed by atoms with E-state index in [9.17, 15) is 0 Å². The van der Waals surface area contributed by atoms with E-state index in [0.29, 0.717) is 5.82 Å². The summed E-state index contributed by atoms with van der Waals surface area (Å²) in [6.45, 7) is 2.06. The van der Waals surface area contributed by atoms with Crippen molar-refractivity contribution in [2.24, 2.45) is 5.84 Å². The SMILES string of the molecule is CC(Cc1ccco1)Nc1cc(NN)ncn1. The second-order valence-corrected chi connectivity index (χ2v) is 3.76. The maximum absolute atomic E-state index is 5.28. The number of hydrogen-bond donors (Lipinski definition) is 3. The molecule has 0 saturated heterocycles. The molecule has 4 N–H and O–H groups in total. The van der Waals surface area contributed by atoms with Crippen molar-refractivity contribution in [1.82, 2.24) is 9.97 Å². The van der Waals surface area contributed by atoms with Gasteiger partial charge in [-0.15, -0.1) is 0 Å². The van der Waals surface area contributed by atoms with Crippen molar-refractivity contribution in [3.63, 3.8) is 0 Å². The van der Waals surface area contributed by atoms with Gasteiger partial charge in [0.1, 0.15) is 23.7 Å². The first-order valence-corrected chi connectivity index (χ1v) is 5.35. The second-order valence-electron chi connectivity index (χ2n) is 3.76. The highest BCUT2D eigenvalue weighted by Gasteiger charge is 2.06. The maximum atomic E-state index is 5.28. The molecule has 90 valence electrons. The summed E-state index contributed by atoms with van der Waals surface area (Å²) in [6.07, 6.45) is 3.92. The van der Waals surface area contributed by atoms with Crippen molar-refractivity contribution in [2.75, 3.05) is 10.7 Å². The van der Waals surface area contributed by atoms with E-state index in [0.717, 1.165) is 18.0 Å². The second kappa shape index (κ2) is 5.31. The molecule has 0 saturated carbocycles. The minimum Gasteiger partial charge on any atom is -0.469 e. The van der Waals surface area contributed by atoms with E-state index < -0.39 is 0 Å². The fraction of sp³-hybridized carbons (Fsp3) is 0.273. The zero-order valence-electron chi connectivity index (χ0n) is 9.55. The number of nitrogens with two attached hydrogens (primary N) is 1. The number of nitrogens with one attached hydrogen (secondary N) is 2. The molecule has 0 aromatic carbocycles. The van der Waals surface area contributed by atoms with Crippen LogP contribution < -0.4 is 16.6 Å². The molecule has 0 aliphatic rings. The molecule has 2 aromatic rings. The van der Waals surface area contributed by atoms with Gasteiger partial charge in [0, 0.05) is 18.5 Å². The predicted octanol–water partition coefficient (Wildman–Crippen LogP) is 1.40. The van der Waals surface area contributed by atoms with E-state index in [1.165, 1.54) is 6.33 Å². The molecule has 0 aliphatic carbocycles. The van der Waals surface area contributed by atoms with Crippen LogP contribution in [0.2, 0.25) is 0 Å². The lowest BCUT2D eigenvalue weighted by Gasteiger charge is -2.13. The predicted molar refractivity (Wildman–Crippen MR) is 65.3 cm³/mol. The lowest BCUT2D eigenvalue weighted by molar-refractivity contribution is 0.497. The van der Waals surface area contributed by atoms with Crippen LogP contribution >= 0.6 is 0 Å². The van der Waals surface area contributed by atoms with Crippen LogP contribution in [0.3, 0.4) is 0 Å². The number of nitrogens with zero attached hydrogens (tertiary/aromatic N) is 2. The van der Waals surface area contributed by atoms with Crippen LogP contribution in [0.1, 0.15) is 12.7 Å². The molecule has 0 amide bonds. The Morgan fingerprint density at radius 1 is 1.41 bits per heavy atom. The number of hydrazine groups is 1. The van der Waals surface area contributed by atoms with E-state index in [-0.39, 0.29) is 6.04 Å². The summed E-state index contributed by atoms with van der Waals surface area (Å²) in [5, 5.41) is 3.25. The lowest BCUT2D eigenvalue weighted by atomic mass is 10.2. The average Bonchev–Trinajstić information content (AvgIpc) is 2.82. The van der Waals surface area contributed by atoms with Gasteiger partial charge in [-0.2, -0.15) is 0 Å². The fourth-order valence-corrected chi connectivity index (χ4v) is 1.55. The largest absolute Gasteiger partial charge is 0.469 e. The molecule has 2 aromatic heterocycles. The Hall–Kier alpha value is -2.08. The summed E-state index contributed by atoms with van der Waals surface area (Å²) in [6, 6.07) is 5.79. The highest BCUT2D eigenvalue weighted by molar-refractivity contribution is 5.46. The van der Waals surface area contributed by atoms with Crippen LogP contribution in [0.15, 0.2) is 35.2 Å². The van der Waals surface area contributed by atoms with Gasteiger partial charge in [0.15, 0.2) is 0 Å². The average molecular weight is 233 g/mol. The molecule has 0 fully saturated rings. The molecule has 2 rings (SSSR count). The van der Waals surface area contributed by atoms with Gasteiger partial charge in [0.2, 0.25) is 0 Å². The van der Waals surface area contributed by atoms with Crippen molar-refractivity contribution in [1.29, 1.82) is 0 Å². The quantitative estimate of drug-likeness (QED) is 0.534. The van der Waals surface area contributed by atoms with Gasteiger partial charge in [-0.3, -0.25) is 0 Å². The Morgan fingerprint density at radius 2 is 2.24 bits per heavy atom. The first kappa shape index (κ1) is 11.4. The Balaban J connectivity index is 1.95. The first-order chi connectivity index (χ1) is 8.28. The van der Waals surface area contributed by atoms with Gasteiger partial charge < -0.3 is 15.2 Å². The third kappa shape index (κ3) is 3.18. The number of anilines is 2. The fourth-order valence-electron chi connectivity index (χ4n) is 1.55. The Kier molecular flexibility index (Phi) is 3.56.